The summed E-state index contributed by atoms with van der Waals surface area (Å²) in [7, 11) is 0. The van der Waals surface area contributed by atoms with Crippen LogP contribution in [0, 0.1) is 0 Å². The summed E-state index contributed by atoms with van der Waals surface area (Å²) in [5.41, 5.74) is 0.935. The zero-order valence-corrected chi connectivity index (χ0v) is 19.3. The molecule has 6 nitrogen and oxygen atoms in total. The molecule has 3 fully saturated rings. The van der Waals surface area contributed by atoms with Gasteiger partial charge in [0.2, 0.25) is 5.91 Å². The zero-order valence-electron chi connectivity index (χ0n) is 19.3. The maximum atomic E-state index is 13.3. The summed E-state index contributed by atoms with van der Waals surface area (Å²) >= 11 is 0. The van der Waals surface area contributed by atoms with Gasteiger partial charge in [0.1, 0.15) is 6.04 Å². The van der Waals surface area contributed by atoms with Gasteiger partial charge in [0.05, 0.1) is 18.7 Å². The Morgan fingerprint density at radius 1 is 0.969 bits per heavy atom. The number of hydrogen-bond donors (Lipinski definition) is 3. The number of nitrogens with one attached hydrogen (secondary N) is 2. The van der Waals surface area contributed by atoms with Crippen LogP contribution in [0.2, 0.25) is 0 Å². The fourth-order valence-corrected chi connectivity index (χ4v) is 5.49. The SMILES string of the molecule is O=C(N[C@H](CO)c1ccccc1)[C@@H]1CCCN1C(=NC1CCCCC1)NC1CCCCC1. The Bertz CT molecular complexity index is 741. The van der Waals surface area contributed by atoms with Gasteiger partial charge in [0.15, 0.2) is 5.96 Å². The largest absolute Gasteiger partial charge is 0.394 e. The molecule has 32 heavy (non-hydrogen) atoms. The van der Waals surface area contributed by atoms with Crippen LogP contribution in [0.25, 0.3) is 0 Å². The van der Waals surface area contributed by atoms with Crippen LogP contribution >= 0.6 is 0 Å². The number of rotatable bonds is 6. The second-order valence-corrected chi connectivity index (χ2v) is 9.73. The minimum absolute atomic E-state index is 0.00723. The van der Waals surface area contributed by atoms with E-state index in [9.17, 15) is 9.90 Å². The third kappa shape index (κ3) is 6.03. The van der Waals surface area contributed by atoms with Crippen LogP contribution in [0.15, 0.2) is 35.3 Å². The zero-order chi connectivity index (χ0) is 22.2. The topological polar surface area (TPSA) is 77.0 Å². The molecule has 0 radical (unpaired) electrons. The van der Waals surface area contributed by atoms with Gasteiger partial charge in [0.25, 0.3) is 0 Å². The monoisotopic (exact) mass is 440 g/mol. The summed E-state index contributed by atoms with van der Waals surface area (Å²) in [6.07, 6.45) is 14.2. The van der Waals surface area contributed by atoms with Crippen LogP contribution in [0.3, 0.4) is 0 Å². The van der Waals surface area contributed by atoms with Gasteiger partial charge in [-0.15, -0.1) is 0 Å². The molecule has 3 aliphatic rings. The number of aliphatic hydroxyl groups is 1. The number of likely N-dealkylation sites (tertiary alicyclic amines) is 1. The highest BCUT2D eigenvalue weighted by Crippen LogP contribution is 2.25. The van der Waals surface area contributed by atoms with Crippen LogP contribution in [0.5, 0.6) is 0 Å². The number of hydrogen-bond acceptors (Lipinski definition) is 3. The van der Waals surface area contributed by atoms with Crippen LogP contribution in [-0.2, 0) is 4.79 Å². The lowest BCUT2D eigenvalue weighted by Gasteiger charge is -2.34. The molecule has 2 atom stereocenters. The summed E-state index contributed by atoms with van der Waals surface area (Å²) in [5, 5.41) is 16.8. The number of carbonyl (C=O) groups excluding carboxylic acids is 1. The standard InChI is InChI=1S/C26H40N4O2/c31-19-23(20-11-4-1-5-12-20)29-25(32)24-17-10-18-30(24)26(27-21-13-6-2-7-14-21)28-22-15-8-3-9-16-22/h1,4-5,11-12,21-24,31H,2-3,6-10,13-19H2,(H,27,28)(H,29,32)/t23-,24+/m1/s1. The smallest absolute Gasteiger partial charge is 0.243 e. The minimum atomic E-state index is -0.379. The second-order valence-electron chi connectivity index (χ2n) is 9.73. The van der Waals surface area contributed by atoms with Crippen molar-refractivity contribution in [3.05, 3.63) is 35.9 Å². The second kappa shape index (κ2) is 11.7. The average Bonchev–Trinajstić information content (AvgIpc) is 3.34. The number of guanidine groups is 1. The Labute approximate surface area is 192 Å². The van der Waals surface area contributed by atoms with E-state index in [-0.39, 0.29) is 24.6 Å². The van der Waals surface area contributed by atoms with Gasteiger partial charge < -0.3 is 20.6 Å². The van der Waals surface area contributed by atoms with Crippen LogP contribution in [-0.4, -0.2) is 53.2 Å². The number of carbonyl (C=O) groups is 1. The van der Waals surface area contributed by atoms with E-state index in [0.717, 1.165) is 43.8 Å². The van der Waals surface area contributed by atoms with Gasteiger partial charge in [0, 0.05) is 12.6 Å². The number of amides is 1. The third-order valence-electron chi connectivity index (χ3n) is 7.35. The van der Waals surface area contributed by atoms with Gasteiger partial charge in [-0.05, 0) is 44.1 Å². The predicted octanol–water partition coefficient (Wildman–Crippen LogP) is 3.91. The molecule has 0 bridgehead atoms. The summed E-state index contributed by atoms with van der Waals surface area (Å²) in [5.74, 6) is 0.939. The van der Waals surface area contributed by atoms with Gasteiger partial charge >= 0.3 is 0 Å². The molecule has 0 spiro atoms. The summed E-state index contributed by atoms with van der Waals surface area (Å²) < 4.78 is 0. The molecule has 176 valence electrons. The van der Waals surface area contributed by atoms with E-state index in [1.807, 2.05) is 30.3 Å². The maximum absolute atomic E-state index is 13.3. The predicted molar refractivity (Wildman–Crippen MR) is 128 cm³/mol. The lowest BCUT2D eigenvalue weighted by Crippen LogP contribution is -2.53. The molecule has 2 saturated carbocycles. The first-order valence-electron chi connectivity index (χ1n) is 12.8. The van der Waals surface area contributed by atoms with Crippen LogP contribution < -0.4 is 10.6 Å². The molecule has 0 aromatic heterocycles. The van der Waals surface area contributed by atoms with Crippen molar-refractivity contribution in [1.82, 2.24) is 15.5 Å². The van der Waals surface area contributed by atoms with Crippen molar-refractivity contribution in [2.24, 2.45) is 4.99 Å². The molecule has 1 heterocycles. The van der Waals surface area contributed by atoms with Crippen molar-refractivity contribution in [2.75, 3.05) is 13.2 Å². The third-order valence-corrected chi connectivity index (χ3v) is 7.35. The molecule has 6 heteroatoms. The lowest BCUT2D eigenvalue weighted by atomic mass is 9.95. The molecular formula is C26H40N4O2. The average molecular weight is 441 g/mol. The molecular weight excluding hydrogens is 400 g/mol. The van der Waals surface area contributed by atoms with Crippen LogP contribution in [0.4, 0.5) is 0 Å². The first-order valence-corrected chi connectivity index (χ1v) is 12.8. The van der Waals surface area contributed by atoms with Crippen LogP contribution in [0.1, 0.15) is 88.7 Å². The van der Waals surface area contributed by atoms with E-state index in [4.69, 9.17) is 4.99 Å². The highest BCUT2D eigenvalue weighted by molar-refractivity contribution is 5.90. The maximum Gasteiger partial charge on any atom is 0.243 e. The van der Waals surface area contributed by atoms with E-state index >= 15 is 0 Å². The van der Waals surface area contributed by atoms with Crippen molar-refractivity contribution in [2.45, 2.75) is 101 Å². The molecule has 1 aromatic rings. The van der Waals surface area contributed by atoms with Crippen molar-refractivity contribution in [3.8, 4) is 0 Å². The number of benzene rings is 1. The highest BCUT2D eigenvalue weighted by Gasteiger charge is 2.35. The van der Waals surface area contributed by atoms with Crippen molar-refractivity contribution in [3.63, 3.8) is 0 Å². The molecule has 3 N–H and O–H groups in total. The Balaban J connectivity index is 1.48. The molecule has 2 aliphatic carbocycles. The summed E-state index contributed by atoms with van der Waals surface area (Å²) in [6.45, 7) is 0.754. The number of nitrogens with zero attached hydrogens (tertiary/aromatic N) is 2. The molecule has 1 saturated heterocycles. The van der Waals surface area contributed by atoms with E-state index in [2.05, 4.69) is 15.5 Å². The van der Waals surface area contributed by atoms with Crippen molar-refractivity contribution >= 4 is 11.9 Å². The Morgan fingerprint density at radius 2 is 1.66 bits per heavy atom. The first kappa shape index (κ1) is 23.1. The summed E-state index contributed by atoms with van der Waals surface area (Å²) in [6, 6.07) is 9.96. The van der Waals surface area contributed by atoms with Gasteiger partial charge in [-0.3, -0.25) is 4.79 Å². The molecule has 1 aromatic carbocycles. The van der Waals surface area contributed by atoms with Gasteiger partial charge in [-0.1, -0.05) is 68.9 Å². The van der Waals surface area contributed by atoms with Crippen molar-refractivity contribution < 1.29 is 9.90 Å². The van der Waals surface area contributed by atoms with Gasteiger partial charge in [-0.25, -0.2) is 4.99 Å². The van der Waals surface area contributed by atoms with Gasteiger partial charge in [-0.2, -0.15) is 0 Å². The van der Waals surface area contributed by atoms with E-state index in [1.165, 1.54) is 51.4 Å². The minimum Gasteiger partial charge on any atom is -0.394 e. The molecule has 0 unspecified atom stereocenters. The lowest BCUT2D eigenvalue weighted by molar-refractivity contribution is -0.125. The van der Waals surface area contributed by atoms with Crippen molar-refractivity contribution in [1.29, 1.82) is 0 Å². The normalized spacial score (nSPS) is 24.3. The highest BCUT2D eigenvalue weighted by atomic mass is 16.3. The number of aliphatic imine (C=N–C) groups is 1. The Morgan fingerprint density at radius 3 is 2.34 bits per heavy atom. The Kier molecular flexibility index (Phi) is 8.43. The Hall–Kier alpha value is -2.08. The first-order chi connectivity index (χ1) is 15.7. The fraction of sp³-hybridized carbons (Fsp3) is 0.692. The van der Waals surface area contributed by atoms with E-state index < -0.39 is 0 Å². The van der Waals surface area contributed by atoms with E-state index in [1.54, 1.807) is 0 Å². The number of aliphatic hydroxyl groups excluding tert-OH is 1. The molecule has 4 rings (SSSR count). The fourth-order valence-electron chi connectivity index (χ4n) is 5.49. The molecule has 1 aliphatic heterocycles. The van der Waals surface area contributed by atoms with E-state index in [0.29, 0.717) is 12.1 Å². The molecule has 1 amide bonds. The quantitative estimate of drug-likeness (QED) is 0.463. The summed E-state index contributed by atoms with van der Waals surface area (Å²) in [4.78, 5) is 20.8.